The Hall–Kier alpha value is -1.14. The third-order valence-electron chi connectivity index (χ3n) is 3.45. The van der Waals surface area contributed by atoms with E-state index in [4.69, 9.17) is 9.15 Å². The fourth-order valence-electron chi connectivity index (χ4n) is 1.99. The predicted molar refractivity (Wildman–Crippen MR) is 68.4 cm³/mol. The van der Waals surface area contributed by atoms with Crippen molar-refractivity contribution < 1.29 is 9.15 Å². The van der Waals surface area contributed by atoms with Crippen LogP contribution in [0.2, 0.25) is 0 Å². The van der Waals surface area contributed by atoms with Gasteiger partial charge in [-0.2, -0.15) is 0 Å². The smallest absolute Gasteiger partial charge is 0.316 e. The van der Waals surface area contributed by atoms with Gasteiger partial charge in [-0.3, -0.25) is 0 Å². The topological polar surface area (TPSA) is 72.2 Å². The molecule has 0 aliphatic carbocycles. The van der Waals surface area contributed by atoms with Crippen LogP contribution in [0.3, 0.4) is 0 Å². The molecule has 18 heavy (non-hydrogen) atoms. The van der Waals surface area contributed by atoms with Crippen LogP contribution in [0.4, 0.5) is 6.01 Å². The van der Waals surface area contributed by atoms with Crippen LogP contribution >= 0.6 is 0 Å². The highest BCUT2D eigenvalue weighted by molar-refractivity contribution is 5.25. The van der Waals surface area contributed by atoms with Gasteiger partial charge in [-0.05, 0) is 33.2 Å². The molecule has 1 fully saturated rings. The van der Waals surface area contributed by atoms with Crippen LogP contribution in [0.25, 0.3) is 0 Å². The van der Waals surface area contributed by atoms with Crippen LogP contribution in [0.1, 0.15) is 39.5 Å². The van der Waals surface area contributed by atoms with E-state index in [1.807, 2.05) is 0 Å². The molecule has 1 aliphatic rings. The maximum absolute atomic E-state index is 5.56. The second kappa shape index (κ2) is 5.67. The summed E-state index contributed by atoms with van der Waals surface area (Å²) in [6.45, 7) is 8.63. The van der Waals surface area contributed by atoms with Gasteiger partial charge in [-0.1, -0.05) is 12.0 Å². The first-order valence-electron chi connectivity index (χ1n) is 6.57. The van der Waals surface area contributed by atoms with Gasteiger partial charge >= 0.3 is 6.01 Å². The second-order valence-electron chi connectivity index (χ2n) is 4.98. The summed E-state index contributed by atoms with van der Waals surface area (Å²) in [6, 6.07) is 0.475. The largest absolute Gasteiger partial charge is 0.407 e. The van der Waals surface area contributed by atoms with Crippen molar-refractivity contribution in [3.05, 3.63) is 5.89 Å². The van der Waals surface area contributed by atoms with Crippen LogP contribution in [0, 0.1) is 0 Å². The summed E-state index contributed by atoms with van der Waals surface area (Å²) in [6.07, 6.45) is 2.18. The van der Waals surface area contributed by atoms with Crippen molar-refractivity contribution >= 4 is 6.01 Å². The Bertz CT molecular complexity index is 382. The standard InChI is InChI=1S/C12H22N4O2/c1-4-6-13-8-10-15-16-11(18-10)14-12(3)5-7-17-9(12)2/h9,13H,4-8H2,1-3H3,(H,14,16). The lowest BCUT2D eigenvalue weighted by Gasteiger charge is -2.27. The molecule has 1 saturated heterocycles. The minimum Gasteiger partial charge on any atom is -0.407 e. The van der Waals surface area contributed by atoms with Crippen LogP contribution in [-0.2, 0) is 11.3 Å². The first kappa shape index (κ1) is 13.3. The highest BCUT2D eigenvalue weighted by Gasteiger charge is 2.38. The van der Waals surface area contributed by atoms with Gasteiger partial charge in [-0.15, -0.1) is 5.10 Å². The molecule has 1 aromatic heterocycles. The molecule has 2 N–H and O–H groups in total. The van der Waals surface area contributed by atoms with Gasteiger partial charge in [0, 0.05) is 6.61 Å². The number of anilines is 1. The molecular weight excluding hydrogens is 232 g/mol. The lowest BCUT2D eigenvalue weighted by molar-refractivity contribution is 0.104. The minimum atomic E-state index is -0.124. The third-order valence-corrected chi connectivity index (χ3v) is 3.45. The van der Waals surface area contributed by atoms with Crippen molar-refractivity contribution in [3.63, 3.8) is 0 Å². The summed E-state index contributed by atoms with van der Waals surface area (Å²) < 4.78 is 11.1. The number of rotatable bonds is 6. The summed E-state index contributed by atoms with van der Waals surface area (Å²) in [4.78, 5) is 0. The summed E-state index contributed by atoms with van der Waals surface area (Å²) in [5, 5.41) is 14.5. The van der Waals surface area contributed by atoms with Crippen molar-refractivity contribution in [2.45, 2.75) is 51.8 Å². The lowest BCUT2D eigenvalue weighted by atomic mass is 9.95. The number of hydrogen-bond donors (Lipinski definition) is 2. The van der Waals surface area contributed by atoms with E-state index in [0.29, 0.717) is 18.5 Å². The quantitative estimate of drug-likeness (QED) is 0.750. The summed E-state index contributed by atoms with van der Waals surface area (Å²) >= 11 is 0. The van der Waals surface area contributed by atoms with Crippen molar-refractivity contribution in [2.24, 2.45) is 0 Å². The van der Waals surface area contributed by atoms with E-state index < -0.39 is 0 Å². The molecule has 0 radical (unpaired) electrons. The number of nitrogens with one attached hydrogen (secondary N) is 2. The number of ether oxygens (including phenoxy) is 1. The van der Waals surface area contributed by atoms with E-state index in [9.17, 15) is 0 Å². The van der Waals surface area contributed by atoms with E-state index in [-0.39, 0.29) is 11.6 Å². The highest BCUT2D eigenvalue weighted by atomic mass is 16.5. The average Bonchev–Trinajstić information content (AvgIpc) is 2.89. The molecule has 1 aliphatic heterocycles. The molecule has 0 amide bonds. The van der Waals surface area contributed by atoms with Crippen LogP contribution < -0.4 is 10.6 Å². The molecule has 0 saturated carbocycles. The van der Waals surface area contributed by atoms with Crippen LogP contribution in [-0.4, -0.2) is 35.0 Å². The zero-order valence-electron chi connectivity index (χ0n) is 11.3. The molecule has 0 bridgehead atoms. The molecule has 6 nitrogen and oxygen atoms in total. The molecule has 1 aromatic rings. The first-order valence-corrected chi connectivity index (χ1v) is 6.57. The Balaban J connectivity index is 1.90. The van der Waals surface area contributed by atoms with Gasteiger partial charge < -0.3 is 19.8 Å². The first-order chi connectivity index (χ1) is 8.64. The van der Waals surface area contributed by atoms with E-state index in [2.05, 4.69) is 41.6 Å². The normalized spacial score (nSPS) is 27.6. The Kier molecular flexibility index (Phi) is 4.19. The SMILES string of the molecule is CCCNCc1nnc(NC2(C)CCOC2C)o1. The number of nitrogens with zero attached hydrogens (tertiary/aromatic N) is 2. The van der Waals surface area contributed by atoms with Crippen molar-refractivity contribution in [1.29, 1.82) is 0 Å². The van der Waals surface area contributed by atoms with Crippen LogP contribution in [0.15, 0.2) is 4.42 Å². The van der Waals surface area contributed by atoms with Gasteiger partial charge in [0.25, 0.3) is 0 Å². The highest BCUT2D eigenvalue weighted by Crippen LogP contribution is 2.28. The molecule has 2 heterocycles. The Labute approximate surface area is 107 Å². The Morgan fingerprint density at radius 1 is 1.44 bits per heavy atom. The lowest BCUT2D eigenvalue weighted by Crippen LogP contribution is -2.41. The second-order valence-corrected chi connectivity index (χ2v) is 4.98. The average molecular weight is 254 g/mol. The van der Waals surface area contributed by atoms with E-state index >= 15 is 0 Å². The van der Waals surface area contributed by atoms with Gasteiger partial charge in [0.05, 0.1) is 18.2 Å². The monoisotopic (exact) mass is 254 g/mol. The molecule has 2 rings (SSSR count). The van der Waals surface area contributed by atoms with E-state index in [1.54, 1.807) is 0 Å². The molecule has 0 aromatic carbocycles. The van der Waals surface area contributed by atoms with Crippen molar-refractivity contribution in [1.82, 2.24) is 15.5 Å². The number of hydrogen-bond acceptors (Lipinski definition) is 6. The molecule has 0 spiro atoms. The zero-order valence-corrected chi connectivity index (χ0v) is 11.3. The Morgan fingerprint density at radius 3 is 2.94 bits per heavy atom. The van der Waals surface area contributed by atoms with Gasteiger partial charge in [0.1, 0.15) is 0 Å². The van der Waals surface area contributed by atoms with Crippen molar-refractivity contribution in [3.8, 4) is 0 Å². The Morgan fingerprint density at radius 2 is 2.28 bits per heavy atom. The van der Waals surface area contributed by atoms with Gasteiger partial charge in [-0.25, -0.2) is 0 Å². The summed E-state index contributed by atoms with van der Waals surface area (Å²) in [5.74, 6) is 0.612. The van der Waals surface area contributed by atoms with E-state index in [0.717, 1.165) is 26.0 Å². The molecule has 2 unspecified atom stereocenters. The third kappa shape index (κ3) is 3.00. The fraction of sp³-hybridized carbons (Fsp3) is 0.833. The van der Waals surface area contributed by atoms with Gasteiger partial charge in [0.2, 0.25) is 5.89 Å². The van der Waals surface area contributed by atoms with Crippen LogP contribution in [0.5, 0.6) is 0 Å². The molecule has 102 valence electrons. The maximum atomic E-state index is 5.56. The summed E-state index contributed by atoms with van der Waals surface area (Å²) in [5.41, 5.74) is -0.124. The fourth-order valence-corrected chi connectivity index (χ4v) is 1.99. The molecular formula is C12H22N4O2. The number of aromatic nitrogens is 2. The predicted octanol–water partition coefficient (Wildman–Crippen LogP) is 1.55. The minimum absolute atomic E-state index is 0.124. The van der Waals surface area contributed by atoms with Crippen molar-refractivity contribution in [2.75, 3.05) is 18.5 Å². The maximum Gasteiger partial charge on any atom is 0.316 e. The molecule has 2 atom stereocenters. The zero-order chi connectivity index (χ0) is 13.0. The van der Waals surface area contributed by atoms with E-state index in [1.165, 1.54) is 0 Å². The summed E-state index contributed by atoms with van der Waals surface area (Å²) in [7, 11) is 0. The van der Waals surface area contributed by atoms with Gasteiger partial charge in [0.15, 0.2) is 0 Å². The molecule has 6 heteroatoms.